The SMILES string of the molecule is N#CC1=C(N)N(c2nnc(SCC(=O)NC3CCCCC3)s2)C2=C(C(=O)CCC2)C1c1ccc(Cl)c(Cl)c1. The Morgan fingerprint density at radius 1 is 1.18 bits per heavy atom. The fourth-order valence-electron chi connectivity index (χ4n) is 5.32. The summed E-state index contributed by atoms with van der Waals surface area (Å²) >= 11 is 15.0. The van der Waals surface area contributed by atoms with Gasteiger partial charge in [0.15, 0.2) is 10.1 Å². The summed E-state index contributed by atoms with van der Waals surface area (Å²) in [7, 11) is 0. The first-order chi connectivity index (χ1) is 18.4. The van der Waals surface area contributed by atoms with Crippen molar-refractivity contribution in [2.24, 2.45) is 5.73 Å². The predicted octanol–water partition coefficient (Wildman–Crippen LogP) is 5.69. The Morgan fingerprint density at radius 3 is 2.71 bits per heavy atom. The van der Waals surface area contributed by atoms with E-state index in [0.717, 1.165) is 31.4 Å². The van der Waals surface area contributed by atoms with E-state index in [1.165, 1.54) is 29.5 Å². The molecule has 1 fully saturated rings. The van der Waals surface area contributed by atoms with Crippen molar-refractivity contribution in [1.82, 2.24) is 15.5 Å². The van der Waals surface area contributed by atoms with Gasteiger partial charge < -0.3 is 11.1 Å². The third-order valence-corrected chi connectivity index (χ3v) is 9.86. The molecule has 0 radical (unpaired) electrons. The van der Waals surface area contributed by atoms with Crippen molar-refractivity contribution in [2.45, 2.75) is 67.7 Å². The van der Waals surface area contributed by atoms with E-state index < -0.39 is 5.92 Å². The fourth-order valence-corrected chi connectivity index (χ4v) is 7.32. The van der Waals surface area contributed by atoms with Gasteiger partial charge in [0.25, 0.3) is 0 Å². The van der Waals surface area contributed by atoms with Crippen LogP contribution in [0.15, 0.2) is 45.2 Å². The van der Waals surface area contributed by atoms with E-state index in [4.69, 9.17) is 28.9 Å². The van der Waals surface area contributed by atoms with Crippen LogP contribution in [0.5, 0.6) is 0 Å². The summed E-state index contributed by atoms with van der Waals surface area (Å²) in [5.41, 5.74) is 8.76. The summed E-state index contributed by atoms with van der Waals surface area (Å²) in [6, 6.07) is 7.58. The summed E-state index contributed by atoms with van der Waals surface area (Å²) in [4.78, 5) is 27.4. The highest BCUT2D eigenvalue weighted by Crippen LogP contribution is 2.47. The van der Waals surface area contributed by atoms with Crippen molar-refractivity contribution in [3.8, 4) is 6.07 Å². The highest BCUT2D eigenvalue weighted by Gasteiger charge is 2.41. The molecule has 1 amide bonds. The molecule has 2 aliphatic carbocycles. The number of ketones is 1. The third kappa shape index (κ3) is 5.43. The van der Waals surface area contributed by atoms with Gasteiger partial charge in [0.05, 0.1) is 33.4 Å². The number of benzene rings is 1. The number of nitrogens with two attached hydrogens (primary N) is 1. The molecule has 1 unspecified atom stereocenters. The Kier molecular flexibility index (Phi) is 8.29. The summed E-state index contributed by atoms with van der Waals surface area (Å²) in [5, 5.41) is 23.0. The van der Waals surface area contributed by atoms with Crippen LogP contribution < -0.4 is 16.0 Å². The van der Waals surface area contributed by atoms with E-state index in [9.17, 15) is 14.9 Å². The first kappa shape index (κ1) is 27.0. The normalized spacial score (nSPS) is 20.4. The van der Waals surface area contributed by atoms with E-state index in [0.29, 0.717) is 49.9 Å². The van der Waals surface area contributed by atoms with Crippen molar-refractivity contribution in [3.05, 3.63) is 56.5 Å². The van der Waals surface area contributed by atoms with Gasteiger partial charge in [-0.2, -0.15) is 5.26 Å². The minimum Gasteiger partial charge on any atom is -0.384 e. The molecule has 0 saturated heterocycles. The molecular formula is C26H26Cl2N6O2S2. The highest BCUT2D eigenvalue weighted by molar-refractivity contribution is 8.01. The van der Waals surface area contributed by atoms with Crippen LogP contribution in [0, 0.1) is 11.3 Å². The zero-order valence-electron chi connectivity index (χ0n) is 20.5. The molecule has 0 spiro atoms. The minimum absolute atomic E-state index is 0.0184. The number of carbonyl (C=O) groups excluding carboxylic acids is 2. The molecule has 5 rings (SSSR count). The lowest BCUT2D eigenvalue weighted by Gasteiger charge is -2.38. The number of allylic oxidation sites excluding steroid dienone is 3. The Labute approximate surface area is 239 Å². The maximum Gasteiger partial charge on any atom is 0.230 e. The number of hydrogen-bond acceptors (Lipinski definition) is 9. The Balaban J connectivity index is 1.42. The van der Waals surface area contributed by atoms with Gasteiger partial charge in [0.2, 0.25) is 11.0 Å². The molecule has 38 heavy (non-hydrogen) atoms. The van der Waals surface area contributed by atoms with Gasteiger partial charge in [0, 0.05) is 23.7 Å². The number of nitrogens with one attached hydrogen (secondary N) is 1. The fraction of sp³-hybridized carbons (Fsp3) is 0.423. The van der Waals surface area contributed by atoms with E-state index >= 15 is 0 Å². The lowest BCUT2D eigenvalue weighted by Crippen LogP contribution is -2.38. The number of anilines is 1. The van der Waals surface area contributed by atoms with Crippen molar-refractivity contribution in [1.29, 1.82) is 5.26 Å². The predicted molar refractivity (Wildman–Crippen MR) is 150 cm³/mol. The smallest absolute Gasteiger partial charge is 0.230 e. The standard InChI is InChI=1S/C26H26Cl2N6O2S2/c27-17-10-9-14(11-18(17)28)22-16(12-29)24(30)34(19-7-4-8-20(35)23(19)22)25-32-33-26(38-25)37-13-21(36)31-15-5-2-1-3-6-15/h9-11,15,22H,1-8,13,30H2,(H,31,36). The monoisotopic (exact) mass is 588 g/mol. The third-order valence-electron chi connectivity index (χ3n) is 7.07. The average molecular weight is 590 g/mol. The van der Waals surface area contributed by atoms with Gasteiger partial charge in [-0.25, -0.2) is 0 Å². The number of carbonyl (C=O) groups is 2. The molecule has 1 saturated carbocycles. The van der Waals surface area contributed by atoms with E-state index in [1.54, 1.807) is 23.1 Å². The van der Waals surface area contributed by atoms with Crippen LogP contribution in [0.4, 0.5) is 5.13 Å². The maximum absolute atomic E-state index is 13.3. The second kappa shape index (κ2) is 11.7. The summed E-state index contributed by atoms with van der Waals surface area (Å²) < 4.78 is 0.612. The molecule has 1 aromatic heterocycles. The number of amides is 1. The molecule has 1 aliphatic heterocycles. The second-order valence-corrected chi connectivity index (χ2v) is 12.5. The van der Waals surface area contributed by atoms with Crippen molar-refractivity contribution in [3.63, 3.8) is 0 Å². The number of Topliss-reactive ketones (excluding diaryl/α,β-unsaturated/α-hetero) is 1. The topological polar surface area (TPSA) is 125 Å². The number of halogens is 2. The lowest BCUT2D eigenvalue weighted by molar-refractivity contribution is -0.119. The molecule has 2 heterocycles. The van der Waals surface area contributed by atoms with Gasteiger partial charge >= 0.3 is 0 Å². The van der Waals surface area contributed by atoms with Crippen LogP contribution in [0.1, 0.15) is 62.8 Å². The molecule has 198 valence electrons. The Morgan fingerprint density at radius 2 is 1.97 bits per heavy atom. The molecule has 3 N–H and O–H groups in total. The van der Waals surface area contributed by atoms with Crippen LogP contribution in [0.2, 0.25) is 10.0 Å². The second-order valence-electron chi connectivity index (χ2n) is 9.53. The van der Waals surface area contributed by atoms with E-state index in [1.807, 2.05) is 0 Å². The van der Waals surface area contributed by atoms with Crippen molar-refractivity contribution < 1.29 is 9.59 Å². The van der Waals surface area contributed by atoms with Crippen LogP contribution in [0.25, 0.3) is 0 Å². The van der Waals surface area contributed by atoms with E-state index in [2.05, 4.69) is 21.6 Å². The molecule has 3 aliphatic rings. The number of thioether (sulfide) groups is 1. The van der Waals surface area contributed by atoms with Crippen LogP contribution in [0.3, 0.4) is 0 Å². The average Bonchev–Trinajstić information content (AvgIpc) is 3.37. The number of rotatable bonds is 6. The zero-order valence-corrected chi connectivity index (χ0v) is 23.7. The number of nitriles is 1. The van der Waals surface area contributed by atoms with Crippen LogP contribution in [-0.4, -0.2) is 33.7 Å². The molecule has 2 aromatic rings. The maximum atomic E-state index is 13.3. The lowest BCUT2D eigenvalue weighted by atomic mass is 9.76. The summed E-state index contributed by atoms with van der Waals surface area (Å²) in [6.07, 6.45) is 7.24. The summed E-state index contributed by atoms with van der Waals surface area (Å²) in [5.74, 6) is -0.244. The van der Waals surface area contributed by atoms with Gasteiger partial charge in [-0.05, 0) is 43.4 Å². The zero-order chi connectivity index (χ0) is 26.8. The first-order valence-corrected chi connectivity index (χ1v) is 15.1. The quantitative estimate of drug-likeness (QED) is 0.412. The molecule has 0 bridgehead atoms. The number of hydrogen-bond donors (Lipinski definition) is 2. The minimum atomic E-state index is -0.640. The van der Waals surface area contributed by atoms with Crippen LogP contribution >= 0.6 is 46.3 Å². The Bertz CT molecular complexity index is 1380. The van der Waals surface area contributed by atoms with Gasteiger partial charge in [-0.15, -0.1) is 10.2 Å². The first-order valence-electron chi connectivity index (χ1n) is 12.5. The van der Waals surface area contributed by atoms with E-state index in [-0.39, 0.29) is 34.9 Å². The highest BCUT2D eigenvalue weighted by atomic mass is 35.5. The van der Waals surface area contributed by atoms with Crippen molar-refractivity contribution in [2.75, 3.05) is 10.7 Å². The molecule has 8 nitrogen and oxygen atoms in total. The number of nitrogens with zero attached hydrogens (tertiary/aromatic N) is 4. The van der Waals surface area contributed by atoms with Gasteiger partial charge in [-0.3, -0.25) is 14.5 Å². The van der Waals surface area contributed by atoms with Crippen LogP contribution in [-0.2, 0) is 9.59 Å². The summed E-state index contributed by atoms with van der Waals surface area (Å²) in [6.45, 7) is 0. The molecular weight excluding hydrogens is 563 g/mol. The largest absolute Gasteiger partial charge is 0.384 e. The van der Waals surface area contributed by atoms with Gasteiger partial charge in [-0.1, -0.05) is 71.6 Å². The molecule has 1 atom stereocenters. The molecule has 1 aromatic carbocycles. The number of aromatic nitrogens is 2. The Hall–Kier alpha value is -2.58. The molecule has 12 heteroatoms. The van der Waals surface area contributed by atoms with Gasteiger partial charge in [0.1, 0.15) is 5.82 Å². The van der Waals surface area contributed by atoms with Crippen molar-refractivity contribution >= 4 is 63.1 Å².